The third-order valence-electron chi connectivity index (χ3n) is 2.67. The fourth-order valence-corrected chi connectivity index (χ4v) is 2.32. The van der Waals surface area contributed by atoms with Gasteiger partial charge in [0.15, 0.2) is 0 Å². The van der Waals surface area contributed by atoms with Crippen molar-refractivity contribution in [3.8, 4) is 5.75 Å². The fourth-order valence-electron chi connectivity index (χ4n) is 1.62. The quantitative estimate of drug-likeness (QED) is 0.726. The Morgan fingerprint density at radius 3 is 2.89 bits per heavy atom. The fraction of sp³-hybridized carbons (Fsp3) is 0.231. The van der Waals surface area contributed by atoms with E-state index in [0.29, 0.717) is 12.2 Å². The summed E-state index contributed by atoms with van der Waals surface area (Å²) in [4.78, 5) is 0. The number of rotatable bonds is 5. The van der Waals surface area contributed by atoms with E-state index in [9.17, 15) is 5.11 Å². The molecule has 2 rings (SSSR count). The van der Waals surface area contributed by atoms with Crippen LogP contribution >= 0.6 is 11.3 Å². The molecule has 2 aromatic rings. The summed E-state index contributed by atoms with van der Waals surface area (Å²) < 4.78 is 5.08. The molecule has 4 N–H and O–H groups in total. The number of benzene rings is 1. The molecule has 5 heteroatoms. The number of aliphatic hydroxyl groups is 1. The zero-order valence-corrected chi connectivity index (χ0v) is 10.9. The van der Waals surface area contributed by atoms with Crippen LogP contribution in [0.2, 0.25) is 0 Å². The lowest BCUT2D eigenvalue weighted by Gasteiger charge is -2.14. The summed E-state index contributed by atoms with van der Waals surface area (Å²) in [5, 5.41) is 16.9. The van der Waals surface area contributed by atoms with Crippen LogP contribution in [0.1, 0.15) is 11.7 Å². The van der Waals surface area contributed by atoms with Crippen molar-refractivity contribution < 1.29 is 9.84 Å². The van der Waals surface area contributed by atoms with Gasteiger partial charge in [0, 0.05) is 12.6 Å². The Labute approximate surface area is 110 Å². The van der Waals surface area contributed by atoms with Crippen molar-refractivity contribution in [3.05, 3.63) is 40.6 Å². The van der Waals surface area contributed by atoms with Gasteiger partial charge < -0.3 is 20.9 Å². The number of nitrogens with two attached hydrogens (primary N) is 1. The van der Waals surface area contributed by atoms with Gasteiger partial charge in [-0.05, 0) is 34.5 Å². The van der Waals surface area contributed by atoms with Crippen molar-refractivity contribution in [1.82, 2.24) is 0 Å². The monoisotopic (exact) mass is 264 g/mol. The van der Waals surface area contributed by atoms with E-state index in [4.69, 9.17) is 10.5 Å². The molecule has 1 heterocycles. The van der Waals surface area contributed by atoms with E-state index in [-0.39, 0.29) is 0 Å². The molecule has 4 nitrogen and oxygen atoms in total. The second kappa shape index (κ2) is 5.75. The summed E-state index contributed by atoms with van der Waals surface area (Å²) in [5.74, 6) is 0.719. The van der Waals surface area contributed by atoms with Gasteiger partial charge in [0.2, 0.25) is 0 Å². The third-order valence-corrected chi connectivity index (χ3v) is 3.37. The predicted octanol–water partition coefficient (Wildman–Crippen LogP) is 2.48. The average molecular weight is 264 g/mol. The van der Waals surface area contributed by atoms with Crippen molar-refractivity contribution in [2.45, 2.75) is 6.10 Å². The molecule has 0 radical (unpaired) electrons. The number of hydrogen-bond acceptors (Lipinski definition) is 5. The SMILES string of the molecule is COc1ccc(NCC(O)c2ccsc2)c(N)c1. The highest BCUT2D eigenvalue weighted by Gasteiger charge is 2.08. The number of thiophene rings is 1. The highest BCUT2D eigenvalue weighted by atomic mass is 32.1. The van der Waals surface area contributed by atoms with Crippen molar-refractivity contribution in [1.29, 1.82) is 0 Å². The van der Waals surface area contributed by atoms with Gasteiger partial charge in [0.25, 0.3) is 0 Å². The molecule has 0 amide bonds. The highest BCUT2D eigenvalue weighted by molar-refractivity contribution is 7.07. The Kier molecular flexibility index (Phi) is 4.07. The van der Waals surface area contributed by atoms with Gasteiger partial charge in [-0.15, -0.1) is 0 Å². The molecule has 1 atom stereocenters. The molecule has 1 aromatic heterocycles. The molecule has 1 aromatic carbocycles. The largest absolute Gasteiger partial charge is 0.497 e. The number of hydrogen-bond donors (Lipinski definition) is 3. The Balaban J connectivity index is 1.98. The summed E-state index contributed by atoms with van der Waals surface area (Å²) in [6, 6.07) is 7.33. The van der Waals surface area contributed by atoms with Crippen LogP contribution < -0.4 is 15.8 Å². The lowest BCUT2D eigenvalue weighted by atomic mass is 10.2. The zero-order valence-electron chi connectivity index (χ0n) is 10.1. The van der Waals surface area contributed by atoms with Crippen LogP contribution in [-0.2, 0) is 0 Å². The van der Waals surface area contributed by atoms with Gasteiger partial charge in [-0.3, -0.25) is 0 Å². The number of aliphatic hydroxyl groups excluding tert-OH is 1. The smallest absolute Gasteiger partial charge is 0.121 e. The van der Waals surface area contributed by atoms with Gasteiger partial charge in [0.1, 0.15) is 5.75 Å². The van der Waals surface area contributed by atoms with E-state index in [1.165, 1.54) is 0 Å². The molecular weight excluding hydrogens is 248 g/mol. The molecular formula is C13H16N2O2S. The lowest BCUT2D eigenvalue weighted by molar-refractivity contribution is 0.192. The van der Waals surface area contributed by atoms with Crippen LogP contribution in [0.25, 0.3) is 0 Å². The molecule has 0 saturated heterocycles. The average Bonchev–Trinajstić information content (AvgIpc) is 2.90. The van der Waals surface area contributed by atoms with Crippen LogP contribution in [0.15, 0.2) is 35.0 Å². The van der Waals surface area contributed by atoms with Crippen LogP contribution in [0.4, 0.5) is 11.4 Å². The van der Waals surface area contributed by atoms with Crippen LogP contribution in [0, 0.1) is 0 Å². The van der Waals surface area contributed by atoms with Gasteiger partial charge >= 0.3 is 0 Å². The Morgan fingerprint density at radius 2 is 2.28 bits per heavy atom. The number of methoxy groups -OCH3 is 1. The molecule has 0 bridgehead atoms. The molecule has 0 fully saturated rings. The number of anilines is 2. The number of ether oxygens (including phenoxy) is 1. The number of nitrogens with one attached hydrogen (secondary N) is 1. The first kappa shape index (κ1) is 12.7. The molecule has 1 unspecified atom stereocenters. The van der Waals surface area contributed by atoms with Crippen molar-refractivity contribution in [3.63, 3.8) is 0 Å². The highest BCUT2D eigenvalue weighted by Crippen LogP contribution is 2.25. The van der Waals surface area contributed by atoms with E-state index in [1.54, 1.807) is 24.5 Å². The molecule has 96 valence electrons. The van der Waals surface area contributed by atoms with E-state index in [0.717, 1.165) is 17.0 Å². The van der Waals surface area contributed by atoms with E-state index >= 15 is 0 Å². The Morgan fingerprint density at radius 1 is 1.44 bits per heavy atom. The van der Waals surface area contributed by atoms with E-state index in [2.05, 4.69) is 5.32 Å². The van der Waals surface area contributed by atoms with Crippen LogP contribution in [0.3, 0.4) is 0 Å². The van der Waals surface area contributed by atoms with Gasteiger partial charge in [-0.2, -0.15) is 11.3 Å². The first-order valence-corrected chi connectivity index (χ1v) is 6.52. The minimum atomic E-state index is -0.530. The van der Waals surface area contributed by atoms with Crippen molar-refractivity contribution in [2.75, 3.05) is 24.7 Å². The predicted molar refractivity (Wildman–Crippen MR) is 75.2 cm³/mol. The van der Waals surface area contributed by atoms with Crippen LogP contribution in [0.5, 0.6) is 5.75 Å². The normalized spacial score (nSPS) is 12.1. The van der Waals surface area contributed by atoms with Crippen LogP contribution in [-0.4, -0.2) is 18.8 Å². The number of nitrogen functional groups attached to an aromatic ring is 1. The van der Waals surface area contributed by atoms with Crippen molar-refractivity contribution >= 4 is 22.7 Å². The molecule has 0 saturated carbocycles. The minimum Gasteiger partial charge on any atom is -0.497 e. The summed E-state index contributed by atoms with van der Waals surface area (Å²) in [5.41, 5.74) is 8.20. The third kappa shape index (κ3) is 2.94. The Hall–Kier alpha value is -1.72. The van der Waals surface area contributed by atoms with Gasteiger partial charge in [-0.1, -0.05) is 0 Å². The maximum absolute atomic E-state index is 9.94. The van der Waals surface area contributed by atoms with E-state index in [1.807, 2.05) is 29.0 Å². The topological polar surface area (TPSA) is 67.5 Å². The molecule has 0 spiro atoms. The van der Waals surface area contributed by atoms with Gasteiger partial charge in [0.05, 0.1) is 24.6 Å². The maximum Gasteiger partial charge on any atom is 0.121 e. The lowest BCUT2D eigenvalue weighted by Crippen LogP contribution is -2.12. The van der Waals surface area contributed by atoms with Gasteiger partial charge in [-0.25, -0.2) is 0 Å². The second-order valence-corrected chi connectivity index (χ2v) is 4.69. The second-order valence-electron chi connectivity index (χ2n) is 3.91. The molecule has 0 aliphatic carbocycles. The summed E-state index contributed by atoms with van der Waals surface area (Å²) in [6.07, 6.45) is -0.530. The zero-order chi connectivity index (χ0) is 13.0. The van der Waals surface area contributed by atoms with E-state index < -0.39 is 6.10 Å². The Bertz CT molecular complexity index is 500. The molecule has 18 heavy (non-hydrogen) atoms. The minimum absolute atomic E-state index is 0.424. The van der Waals surface area contributed by atoms with Crippen molar-refractivity contribution in [2.24, 2.45) is 0 Å². The molecule has 0 aliphatic rings. The maximum atomic E-state index is 9.94. The standard InChI is InChI=1S/C13H16N2O2S/c1-17-10-2-3-12(11(14)6-10)15-7-13(16)9-4-5-18-8-9/h2-6,8,13,15-16H,7,14H2,1H3. The first-order valence-electron chi connectivity index (χ1n) is 5.58. The first-order chi connectivity index (χ1) is 8.70. The summed E-state index contributed by atoms with van der Waals surface area (Å²) in [7, 11) is 1.60. The summed E-state index contributed by atoms with van der Waals surface area (Å²) in [6.45, 7) is 0.424. The molecule has 0 aliphatic heterocycles. The summed E-state index contributed by atoms with van der Waals surface area (Å²) >= 11 is 1.57.